The summed E-state index contributed by atoms with van der Waals surface area (Å²) in [5.74, 6) is -5.43. The van der Waals surface area contributed by atoms with E-state index in [2.05, 4.69) is 13.8 Å². The van der Waals surface area contributed by atoms with Gasteiger partial charge in [-0.25, -0.2) is 19.2 Å². The fourth-order valence-corrected chi connectivity index (χ4v) is 4.27. The Balaban J connectivity index is 2.60. The van der Waals surface area contributed by atoms with Crippen molar-refractivity contribution in [3.05, 3.63) is 69.8 Å². The van der Waals surface area contributed by atoms with Crippen LogP contribution in [0.4, 0.5) is 0 Å². The number of carbonyl (C=O) groups is 4. The number of hydrogen-bond donors (Lipinski definition) is 4. The molecule has 0 radical (unpaired) electrons. The summed E-state index contributed by atoms with van der Waals surface area (Å²) >= 11 is 0. The van der Waals surface area contributed by atoms with E-state index >= 15 is 0 Å². The fraction of sp³-hybridized carbons (Fsp3) is 0.385. The molecule has 0 fully saturated rings. The molecular formula is C26H30O8. The second-order valence-corrected chi connectivity index (χ2v) is 8.96. The van der Waals surface area contributed by atoms with Gasteiger partial charge in [-0.1, -0.05) is 52.2 Å². The van der Waals surface area contributed by atoms with Crippen molar-refractivity contribution in [1.29, 1.82) is 0 Å². The van der Waals surface area contributed by atoms with Crippen LogP contribution in [0.3, 0.4) is 0 Å². The molecule has 4 N–H and O–H groups in total. The van der Waals surface area contributed by atoms with Crippen molar-refractivity contribution in [2.75, 3.05) is 0 Å². The monoisotopic (exact) mass is 470 g/mol. The lowest BCUT2D eigenvalue weighted by molar-refractivity contribution is 0.0651. The van der Waals surface area contributed by atoms with Gasteiger partial charge in [0.2, 0.25) is 0 Å². The molecule has 0 amide bonds. The fourth-order valence-electron chi connectivity index (χ4n) is 4.27. The molecule has 2 rings (SSSR count). The summed E-state index contributed by atoms with van der Waals surface area (Å²) in [6.07, 6.45) is 3.74. The Morgan fingerprint density at radius 3 is 1.35 bits per heavy atom. The molecule has 0 saturated heterocycles. The summed E-state index contributed by atoms with van der Waals surface area (Å²) in [5.41, 5.74) is -0.347. The first-order chi connectivity index (χ1) is 15.9. The van der Waals surface area contributed by atoms with Gasteiger partial charge in [0, 0.05) is 5.92 Å². The Morgan fingerprint density at radius 2 is 1.00 bits per heavy atom. The van der Waals surface area contributed by atoms with Crippen LogP contribution in [0.15, 0.2) is 36.4 Å². The average molecular weight is 471 g/mol. The maximum atomic E-state index is 11.7. The normalized spacial score (nSPS) is 12.0. The van der Waals surface area contributed by atoms with E-state index in [-0.39, 0.29) is 28.2 Å². The Hall–Kier alpha value is -3.68. The zero-order valence-corrected chi connectivity index (χ0v) is 19.4. The van der Waals surface area contributed by atoms with Crippen LogP contribution in [0.2, 0.25) is 0 Å². The molecule has 34 heavy (non-hydrogen) atoms. The molecule has 0 bridgehead atoms. The lowest BCUT2D eigenvalue weighted by Crippen LogP contribution is -2.16. The third kappa shape index (κ3) is 6.43. The minimum atomic E-state index is -1.38. The van der Waals surface area contributed by atoms with E-state index in [0.717, 1.165) is 25.7 Å². The first kappa shape index (κ1) is 26.6. The molecule has 0 spiro atoms. The molecule has 0 aliphatic rings. The van der Waals surface area contributed by atoms with Crippen LogP contribution in [0.25, 0.3) is 0 Å². The topological polar surface area (TPSA) is 149 Å². The van der Waals surface area contributed by atoms with Crippen molar-refractivity contribution < 1.29 is 39.6 Å². The smallest absolute Gasteiger partial charge is 0.336 e. The third-order valence-electron chi connectivity index (χ3n) is 5.99. The van der Waals surface area contributed by atoms with Gasteiger partial charge in [-0.3, -0.25) is 0 Å². The highest BCUT2D eigenvalue weighted by Gasteiger charge is 2.27. The lowest BCUT2D eigenvalue weighted by Gasteiger charge is -2.26. The predicted molar refractivity (Wildman–Crippen MR) is 125 cm³/mol. The Kier molecular flexibility index (Phi) is 8.95. The van der Waals surface area contributed by atoms with Gasteiger partial charge in [0.05, 0.1) is 22.3 Å². The van der Waals surface area contributed by atoms with Crippen molar-refractivity contribution in [3.63, 3.8) is 0 Å². The number of rotatable bonds is 12. The number of unbranched alkanes of at least 4 members (excludes halogenated alkanes) is 1. The second kappa shape index (κ2) is 11.4. The largest absolute Gasteiger partial charge is 0.478 e. The van der Waals surface area contributed by atoms with Gasteiger partial charge >= 0.3 is 23.9 Å². The van der Waals surface area contributed by atoms with Gasteiger partial charge < -0.3 is 20.4 Å². The number of aromatic carboxylic acids is 4. The second-order valence-electron chi connectivity index (χ2n) is 8.96. The Bertz CT molecular complexity index is 1010. The molecule has 0 heterocycles. The highest BCUT2D eigenvalue weighted by atomic mass is 16.4. The van der Waals surface area contributed by atoms with E-state index in [9.17, 15) is 39.6 Å². The van der Waals surface area contributed by atoms with Gasteiger partial charge in [0.15, 0.2) is 0 Å². The number of carboxylic acids is 4. The van der Waals surface area contributed by atoms with Crippen molar-refractivity contribution >= 4 is 23.9 Å². The maximum absolute atomic E-state index is 11.7. The average Bonchev–Trinajstić information content (AvgIpc) is 2.76. The van der Waals surface area contributed by atoms with E-state index in [1.165, 1.54) is 36.4 Å². The summed E-state index contributed by atoms with van der Waals surface area (Å²) in [4.78, 5) is 46.4. The van der Waals surface area contributed by atoms with Crippen LogP contribution in [-0.2, 0) is 0 Å². The number of carboxylic acid groups (broad SMARTS) is 4. The van der Waals surface area contributed by atoms with Crippen LogP contribution in [-0.4, -0.2) is 44.3 Å². The Morgan fingerprint density at radius 1 is 0.618 bits per heavy atom. The van der Waals surface area contributed by atoms with Gasteiger partial charge in [-0.05, 0) is 53.6 Å². The summed E-state index contributed by atoms with van der Waals surface area (Å²) in [5, 5.41) is 37.8. The molecule has 1 unspecified atom stereocenters. The summed E-state index contributed by atoms with van der Waals surface area (Å²) in [6, 6.07) is 8.18. The maximum Gasteiger partial charge on any atom is 0.336 e. The van der Waals surface area contributed by atoms with Gasteiger partial charge in [-0.2, -0.15) is 0 Å². The molecule has 0 saturated carbocycles. The van der Waals surface area contributed by atoms with Crippen LogP contribution in [0.5, 0.6) is 0 Å². The number of hydrogen-bond acceptors (Lipinski definition) is 4. The van der Waals surface area contributed by atoms with Crippen LogP contribution in [0, 0.1) is 11.8 Å². The van der Waals surface area contributed by atoms with E-state index in [1.54, 1.807) is 0 Å². The molecule has 2 aromatic carbocycles. The highest BCUT2D eigenvalue weighted by Crippen LogP contribution is 2.37. The molecule has 8 nitrogen and oxygen atoms in total. The quantitative estimate of drug-likeness (QED) is 0.299. The minimum Gasteiger partial charge on any atom is -0.478 e. The molecule has 0 aromatic heterocycles. The van der Waals surface area contributed by atoms with Crippen molar-refractivity contribution in [2.24, 2.45) is 11.8 Å². The molecule has 0 aliphatic heterocycles. The van der Waals surface area contributed by atoms with E-state index in [0.29, 0.717) is 17.0 Å². The zero-order chi connectivity index (χ0) is 25.6. The molecule has 1 atom stereocenters. The summed E-state index contributed by atoms with van der Waals surface area (Å²) in [6.45, 7) is 6.25. The third-order valence-corrected chi connectivity index (χ3v) is 5.99. The minimum absolute atomic E-state index is 0.0539. The van der Waals surface area contributed by atoms with Crippen LogP contribution >= 0.6 is 0 Å². The van der Waals surface area contributed by atoms with Crippen molar-refractivity contribution in [3.8, 4) is 0 Å². The highest BCUT2D eigenvalue weighted by molar-refractivity contribution is 6.02. The van der Waals surface area contributed by atoms with E-state index in [4.69, 9.17) is 0 Å². The SMILES string of the molecule is CC(C)CCCCC(C)C(c1ccc(C(=O)O)c(C(=O)O)c1)c1ccc(C(=O)O)c(C(=O)O)c1. The van der Waals surface area contributed by atoms with Crippen molar-refractivity contribution in [1.82, 2.24) is 0 Å². The first-order valence-electron chi connectivity index (χ1n) is 11.1. The van der Waals surface area contributed by atoms with Gasteiger partial charge in [-0.15, -0.1) is 0 Å². The van der Waals surface area contributed by atoms with E-state index < -0.39 is 29.8 Å². The lowest BCUT2D eigenvalue weighted by atomic mass is 9.77. The summed E-state index contributed by atoms with van der Waals surface area (Å²) in [7, 11) is 0. The standard InChI is InChI=1S/C26H30O8/c1-14(2)6-4-5-7-15(3)22(16-8-10-18(23(27)28)20(12-16)25(31)32)17-9-11-19(24(29)30)21(13-17)26(33)34/h8-15,22H,4-7H2,1-3H3,(H,27,28)(H,29,30)(H,31,32)(H,33,34). The summed E-state index contributed by atoms with van der Waals surface area (Å²) < 4.78 is 0. The number of benzene rings is 2. The van der Waals surface area contributed by atoms with Gasteiger partial charge in [0.25, 0.3) is 0 Å². The predicted octanol–water partition coefficient (Wildman–Crippen LogP) is 5.46. The van der Waals surface area contributed by atoms with Crippen LogP contribution in [0.1, 0.15) is 105 Å². The zero-order valence-electron chi connectivity index (χ0n) is 19.4. The molecule has 8 heteroatoms. The van der Waals surface area contributed by atoms with Crippen LogP contribution < -0.4 is 0 Å². The van der Waals surface area contributed by atoms with Gasteiger partial charge in [0.1, 0.15) is 0 Å². The first-order valence-corrected chi connectivity index (χ1v) is 11.1. The molecule has 2 aromatic rings. The molecule has 0 aliphatic carbocycles. The Labute approximate surface area is 197 Å². The van der Waals surface area contributed by atoms with E-state index in [1.807, 2.05) is 6.92 Å². The molecular weight excluding hydrogens is 440 g/mol. The van der Waals surface area contributed by atoms with Crippen molar-refractivity contribution in [2.45, 2.75) is 52.4 Å². The molecule has 182 valence electrons.